The van der Waals surface area contributed by atoms with Gasteiger partial charge in [-0.2, -0.15) is 0 Å². The van der Waals surface area contributed by atoms with Crippen molar-refractivity contribution < 1.29 is 24.5 Å². The Morgan fingerprint density at radius 3 is 2.56 bits per heavy atom. The van der Waals surface area contributed by atoms with Crippen LogP contribution in [0.5, 0.6) is 0 Å². The average molecular weight is 764 g/mol. The molecule has 9 rings (SSSR count). The van der Waals surface area contributed by atoms with E-state index in [0.29, 0.717) is 5.92 Å². The number of hydrogen-bond acceptors (Lipinski definition) is 3. The van der Waals surface area contributed by atoms with Crippen LogP contribution in [-0.2, 0) is 25.6 Å². The second kappa shape index (κ2) is 11.9. The molecule has 0 amide bonds. The van der Waals surface area contributed by atoms with Gasteiger partial charge in [-0.05, 0) is 62.1 Å². The summed E-state index contributed by atoms with van der Waals surface area (Å²) in [7, 11) is 0. The summed E-state index contributed by atoms with van der Waals surface area (Å²) in [6, 6.07) is 37.6. The smallest absolute Gasteiger partial charge is 0.120 e. The minimum atomic E-state index is -0.0812. The van der Waals surface area contributed by atoms with Crippen molar-refractivity contribution in [2.24, 2.45) is 0 Å². The Morgan fingerprint density at radius 2 is 1.71 bits per heavy atom. The van der Waals surface area contributed by atoms with Crippen LogP contribution in [0.1, 0.15) is 56.6 Å². The molecule has 3 aromatic heterocycles. The molecule has 0 spiro atoms. The maximum atomic E-state index is 6.13. The first-order chi connectivity index (χ1) is 21.6. The number of benzene rings is 4. The molecule has 0 N–H and O–H groups in total. The van der Waals surface area contributed by atoms with Gasteiger partial charge in [0.25, 0.3) is 0 Å². The molecule has 1 fully saturated rings. The monoisotopic (exact) mass is 764 g/mol. The summed E-state index contributed by atoms with van der Waals surface area (Å²) in [5, 5.41) is 2.28. The molecule has 1 radical (unpaired) electrons. The number of imidazole rings is 1. The van der Waals surface area contributed by atoms with Gasteiger partial charge in [-0.1, -0.05) is 77.9 Å². The fourth-order valence-electron chi connectivity index (χ4n) is 6.91. The number of pyridine rings is 1. The third-order valence-corrected chi connectivity index (χ3v) is 9.11. The van der Waals surface area contributed by atoms with Crippen molar-refractivity contribution in [3.8, 4) is 22.6 Å². The molecule has 225 valence electrons. The molecule has 1 aliphatic heterocycles. The number of aromatic nitrogens is 3. The summed E-state index contributed by atoms with van der Waals surface area (Å²) in [4.78, 5) is 9.45. The third kappa shape index (κ3) is 5.24. The summed E-state index contributed by atoms with van der Waals surface area (Å²) in [6.45, 7) is 4.43. The van der Waals surface area contributed by atoms with E-state index in [2.05, 4.69) is 96.2 Å². The van der Waals surface area contributed by atoms with Crippen LogP contribution in [0.25, 0.3) is 61.7 Å². The molecule has 0 atom stereocenters. The standard InChI is InChI=1S/C22H18NO.C18H15N2.Ir/c1-2-7-15(6-1)16-12-13-23-20(14-16)19-10-5-9-18-17-8-3-4-11-21(17)24-22(18)19;1-18(2)12-11-13-9-6-10-15-16(13)20(18)17(19-15)14-7-4-3-5-8-14;/h3-5,8-9,11-15H,1-2,6-7H2;3-7,9-12H,1-2H3;/q2*-1;. The Kier molecular flexibility index (Phi) is 7.77. The maximum absolute atomic E-state index is 6.13. The van der Waals surface area contributed by atoms with Crippen molar-refractivity contribution in [3.05, 3.63) is 127 Å². The minimum Gasteiger partial charge on any atom is -0.501 e. The molecular formula is C40H33IrN3O-2. The number of hydrogen-bond donors (Lipinski definition) is 0. The molecule has 1 saturated carbocycles. The third-order valence-electron chi connectivity index (χ3n) is 9.11. The van der Waals surface area contributed by atoms with Gasteiger partial charge in [0.15, 0.2) is 0 Å². The Bertz CT molecular complexity index is 2170. The molecule has 2 aliphatic rings. The van der Waals surface area contributed by atoms with Crippen LogP contribution in [0.2, 0.25) is 0 Å². The van der Waals surface area contributed by atoms with Gasteiger partial charge in [-0.25, -0.2) is 0 Å². The molecule has 0 saturated heterocycles. The van der Waals surface area contributed by atoms with E-state index >= 15 is 0 Å². The van der Waals surface area contributed by atoms with E-state index < -0.39 is 0 Å². The Hall–Kier alpha value is -4.31. The van der Waals surface area contributed by atoms with Gasteiger partial charge in [-0.3, -0.25) is 4.98 Å². The average Bonchev–Trinajstić information content (AvgIpc) is 3.82. The van der Waals surface area contributed by atoms with Crippen LogP contribution < -0.4 is 0 Å². The van der Waals surface area contributed by atoms with E-state index in [-0.39, 0.29) is 25.6 Å². The van der Waals surface area contributed by atoms with Gasteiger partial charge in [0.2, 0.25) is 0 Å². The summed E-state index contributed by atoms with van der Waals surface area (Å²) < 4.78 is 8.45. The zero-order valence-corrected chi connectivity index (χ0v) is 27.8. The van der Waals surface area contributed by atoms with E-state index in [4.69, 9.17) is 9.40 Å². The van der Waals surface area contributed by atoms with E-state index in [1.807, 2.05) is 48.7 Å². The summed E-state index contributed by atoms with van der Waals surface area (Å²) in [5.41, 5.74) is 9.58. The fourth-order valence-corrected chi connectivity index (χ4v) is 6.91. The molecule has 0 bridgehead atoms. The van der Waals surface area contributed by atoms with E-state index in [0.717, 1.165) is 50.1 Å². The topological polar surface area (TPSA) is 43.9 Å². The molecule has 7 aromatic rings. The zero-order chi connectivity index (χ0) is 29.7. The minimum absolute atomic E-state index is 0. The van der Waals surface area contributed by atoms with Crippen molar-refractivity contribution in [1.82, 2.24) is 14.5 Å². The number of nitrogens with zero attached hydrogens (tertiary/aromatic N) is 3. The Labute approximate surface area is 277 Å². The zero-order valence-electron chi connectivity index (χ0n) is 25.4. The van der Waals surface area contributed by atoms with Crippen molar-refractivity contribution in [2.45, 2.75) is 51.0 Å². The number of furan rings is 1. The van der Waals surface area contributed by atoms with Gasteiger partial charge in [0.1, 0.15) is 5.58 Å². The second-order valence-electron chi connectivity index (χ2n) is 12.4. The van der Waals surface area contributed by atoms with E-state index in [9.17, 15) is 0 Å². The number of rotatable bonds is 3. The molecule has 5 heteroatoms. The van der Waals surface area contributed by atoms with E-state index in [1.54, 1.807) is 0 Å². The molecule has 4 heterocycles. The first-order valence-corrected chi connectivity index (χ1v) is 15.5. The summed E-state index contributed by atoms with van der Waals surface area (Å²) in [5.74, 6) is 1.67. The Morgan fingerprint density at radius 1 is 0.867 bits per heavy atom. The molecule has 45 heavy (non-hydrogen) atoms. The quantitative estimate of drug-likeness (QED) is 0.168. The molecular weight excluding hydrogens is 731 g/mol. The molecule has 4 nitrogen and oxygen atoms in total. The first kappa shape index (κ1) is 29.4. The van der Waals surface area contributed by atoms with Crippen molar-refractivity contribution in [1.29, 1.82) is 0 Å². The van der Waals surface area contributed by atoms with Gasteiger partial charge in [0, 0.05) is 31.7 Å². The molecule has 1 aliphatic carbocycles. The Balaban J connectivity index is 0.000000144. The van der Waals surface area contributed by atoms with Crippen molar-refractivity contribution in [3.63, 3.8) is 0 Å². The fraction of sp³-hybridized carbons (Fsp3) is 0.200. The van der Waals surface area contributed by atoms with Crippen LogP contribution in [0, 0.1) is 12.1 Å². The van der Waals surface area contributed by atoms with Gasteiger partial charge in [0.05, 0.1) is 28.0 Å². The largest absolute Gasteiger partial charge is 0.501 e. The maximum Gasteiger partial charge on any atom is 0.120 e. The number of fused-ring (bicyclic) bond motifs is 3. The van der Waals surface area contributed by atoms with E-state index in [1.165, 1.54) is 42.3 Å². The van der Waals surface area contributed by atoms with Gasteiger partial charge < -0.3 is 14.0 Å². The van der Waals surface area contributed by atoms with Crippen molar-refractivity contribution >= 4 is 39.0 Å². The molecule has 4 aromatic carbocycles. The second-order valence-corrected chi connectivity index (χ2v) is 12.4. The normalized spacial score (nSPS) is 15.2. The number of para-hydroxylation sites is 2. The predicted octanol–water partition coefficient (Wildman–Crippen LogP) is 10.4. The van der Waals surface area contributed by atoms with Crippen LogP contribution in [0.4, 0.5) is 0 Å². The van der Waals surface area contributed by atoms with Crippen LogP contribution in [-0.4, -0.2) is 14.5 Å². The van der Waals surface area contributed by atoms with Crippen LogP contribution >= 0.6 is 0 Å². The summed E-state index contributed by atoms with van der Waals surface area (Å²) >= 11 is 0. The van der Waals surface area contributed by atoms with Gasteiger partial charge >= 0.3 is 0 Å². The van der Waals surface area contributed by atoms with Crippen LogP contribution in [0.15, 0.2) is 108 Å². The predicted molar refractivity (Wildman–Crippen MR) is 179 cm³/mol. The SMILES string of the molecule is CC1(C)C=Cc2cccc3nc(-c4[c-]cccc4)n1c23.[Ir].[c-]1ccc2c(oc3ccccc32)c1-c1cc(C2CCCC2)ccn1. The van der Waals surface area contributed by atoms with Crippen LogP contribution in [0.3, 0.4) is 0 Å². The van der Waals surface area contributed by atoms with Crippen molar-refractivity contribution in [2.75, 3.05) is 0 Å². The summed E-state index contributed by atoms with van der Waals surface area (Å²) in [6.07, 6.45) is 11.6. The van der Waals surface area contributed by atoms with Gasteiger partial charge in [-0.15, -0.1) is 54.1 Å². The first-order valence-electron chi connectivity index (χ1n) is 15.5. The molecule has 0 unspecified atom stereocenters. The number of allylic oxidation sites excluding steroid dienone is 1.